The van der Waals surface area contributed by atoms with Gasteiger partial charge in [0.1, 0.15) is 0 Å². The van der Waals surface area contributed by atoms with E-state index in [1.807, 2.05) is 30.3 Å². The standard InChI is InChI=1S/C19H24F2N2O2/c20-19(21)7-6-15-14(9-19)8-18(12-22-17(24)23-18)16(15)11-25-10-13-4-2-1-3-5-13/h1-5,14-16H,6-12H2,(H2,22,23,24)/t14-,15-,16+,18?/m1/s1. The third kappa shape index (κ3) is 3.24. The number of ether oxygens (including phenoxy) is 1. The van der Waals surface area contributed by atoms with E-state index in [0.717, 1.165) is 5.56 Å². The van der Waals surface area contributed by atoms with Gasteiger partial charge >= 0.3 is 6.03 Å². The van der Waals surface area contributed by atoms with Gasteiger partial charge in [0.25, 0.3) is 0 Å². The molecule has 2 amide bonds. The third-order valence-corrected chi connectivity index (χ3v) is 6.20. The molecule has 4 atom stereocenters. The number of amides is 2. The van der Waals surface area contributed by atoms with Gasteiger partial charge in [0.15, 0.2) is 0 Å². The molecule has 4 nitrogen and oxygen atoms in total. The molecular weight excluding hydrogens is 326 g/mol. The molecule has 4 rings (SSSR count). The van der Waals surface area contributed by atoms with Crippen molar-refractivity contribution >= 4 is 6.03 Å². The summed E-state index contributed by atoms with van der Waals surface area (Å²) in [4.78, 5) is 11.8. The Morgan fingerprint density at radius 3 is 2.72 bits per heavy atom. The van der Waals surface area contributed by atoms with Gasteiger partial charge in [-0.25, -0.2) is 13.6 Å². The van der Waals surface area contributed by atoms with Crippen molar-refractivity contribution in [3.8, 4) is 0 Å². The van der Waals surface area contributed by atoms with Crippen LogP contribution in [0.5, 0.6) is 0 Å². The summed E-state index contributed by atoms with van der Waals surface area (Å²) in [7, 11) is 0. The number of rotatable bonds is 4. The highest BCUT2D eigenvalue weighted by molar-refractivity contribution is 5.77. The number of alkyl halides is 2. The fourth-order valence-corrected chi connectivity index (χ4v) is 5.09. The molecule has 136 valence electrons. The highest BCUT2D eigenvalue weighted by Gasteiger charge is 2.59. The molecule has 3 fully saturated rings. The van der Waals surface area contributed by atoms with Crippen molar-refractivity contribution in [1.29, 1.82) is 0 Å². The fourth-order valence-electron chi connectivity index (χ4n) is 5.09. The molecular formula is C19H24F2N2O2. The Labute approximate surface area is 146 Å². The molecule has 0 radical (unpaired) electrons. The van der Waals surface area contributed by atoms with Crippen LogP contribution in [0.1, 0.15) is 31.2 Å². The number of nitrogens with one attached hydrogen (secondary N) is 2. The van der Waals surface area contributed by atoms with Gasteiger partial charge in [-0.1, -0.05) is 30.3 Å². The van der Waals surface area contributed by atoms with Crippen LogP contribution < -0.4 is 10.6 Å². The van der Waals surface area contributed by atoms with Crippen LogP contribution in [0.3, 0.4) is 0 Å². The lowest BCUT2D eigenvalue weighted by atomic mass is 9.75. The summed E-state index contributed by atoms with van der Waals surface area (Å²) in [5, 5.41) is 5.86. The second kappa shape index (κ2) is 6.24. The Hall–Kier alpha value is -1.69. The van der Waals surface area contributed by atoms with E-state index in [1.165, 1.54) is 0 Å². The van der Waals surface area contributed by atoms with E-state index < -0.39 is 11.5 Å². The molecule has 3 aliphatic rings. The maximum absolute atomic E-state index is 13.9. The second-order valence-electron chi connectivity index (χ2n) is 7.80. The predicted octanol–water partition coefficient (Wildman–Crippen LogP) is 3.33. The van der Waals surface area contributed by atoms with Crippen LogP contribution in [0.2, 0.25) is 0 Å². The maximum Gasteiger partial charge on any atom is 0.315 e. The summed E-state index contributed by atoms with van der Waals surface area (Å²) in [6.07, 6.45) is 1.01. The quantitative estimate of drug-likeness (QED) is 0.875. The van der Waals surface area contributed by atoms with Crippen LogP contribution in [-0.4, -0.2) is 30.6 Å². The Morgan fingerprint density at radius 2 is 2.00 bits per heavy atom. The number of hydrogen-bond donors (Lipinski definition) is 2. The molecule has 0 aromatic heterocycles. The molecule has 1 aliphatic heterocycles. The first-order chi connectivity index (χ1) is 12.0. The normalized spacial score (nSPS) is 36.1. The van der Waals surface area contributed by atoms with Crippen molar-refractivity contribution in [1.82, 2.24) is 10.6 Å². The largest absolute Gasteiger partial charge is 0.376 e. The molecule has 1 saturated heterocycles. The van der Waals surface area contributed by atoms with Gasteiger partial charge in [-0.2, -0.15) is 0 Å². The number of fused-ring (bicyclic) bond motifs is 1. The maximum atomic E-state index is 13.9. The zero-order chi connectivity index (χ0) is 17.5. The van der Waals surface area contributed by atoms with Crippen LogP contribution in [0, 0.1) is 17.8 Å². The minimum absolute atomic E-state index is 0.0470. The molecule has 2 N–H and O–H groups in total. The third-order valence-electron chi connectivity index (χ3n) is 6.20. The zero-order valence-corrected chi connectivity index (χ0v) is 14.1. The number of carbonyl (C=O) groups is 1. The number of urea groups is 1. The summed E-state index contributed by atoms with van der Waals surface area (Å²) in [5.41, 5.74) is 0.652. The van der Waals surface area contributed by atoms with Gasteiger partial charge in [-0.15, -0.1) is 0 Å². The molecule has 6 heteroatoms. The smallest absolute Gasteiger partial charge is 0.315 e. The van der Waals surface area contributed by atoms with Crippen LogP contribution in [0.15, 0.2) is 30.3 Å². The summed E-state index contributed by atoms with van der Waals surface area (Å²) >= 11 is 0. The highest BCUT2D eigenvalue weighted by Crippen LogP contribution is 2.54. The Balaban J connectivity index is 1.47. The zero-order valence-electron chi connectivity index (χ0n) is 14.1. The monoisotopic (exact) mass is 350 g/mol. The summed E-state index contributed by atoms with van der Waals surface area (Å²) in [6.45, 7) is 1.50. The first kappa shape index (κ1) is 16.8. The summed E-state index contributed by atoms with van der Waals surface area (Å²) in [5.74, 6) is -2.35. The fraction of sp³-hybridized carbons (Fsp3) is 0.632. The number of benzene rings is 1. The van der Waals surface area contributed by atoms with Crippen molar-refractivity contribution < 1.29 is 18.3 Å². The Morgan fingerprint density at radius 1 is 1.20 bits per heavy atom. The lowest BCUT2D eigenvalue weighted by Gasteiger charge is -2.35. The Bertz CT molecular complexity index is 640. The van der Waals surface area contributed by atoms with Crippen LogP contribution in [0.25, 0.3) is 0 Å². The van der Waals surface area contributed by atoms with E-state index in [-0.39, 0.29) is 36.6 Å². The van der Waals surface area contributed by atoms with Crippen molar-refractivity contribution in [2.45, 2.75) is 43.8 Å². The molecule has 1 heterocycles. The molecule has 2 saturated carbocycles. The molecule has 0 bridgehead atoms. The second-order valence-corrected chi connectivity index (χ2v) is 7.80. The van der Waals surface area contributed by atoms with E-state index in [2.05, 4.69) is 10.6 Å². The van der Waals surface area contributed by atoms with Crippen molar-refractivity contribution in [3.63, 3.8) is 0 Å². The number of halogens is 2. The minimum atomic E-state index is -2.57. The average Bonchev–Trinajstić information content (AvgIpc) is 3.07. The van der Waals surface area contributed by atoms with E-state index >= 15 is 0 Å². The molecule has 25 heavy (non-hydrogen) atoms. The van der Waals surface area contributed by atoms with Gasteiger partial charge in [-0.05, 0) is 30.2 Å². The lowest BCUT2D eigenvalue weighted by molar-refractivity contribution is -0.0721. The van der Waals surface area contributed by atoms with Gasteiger partial charge in [0, 0.05) is 25.3 Å². The molecule has 1 unspecified atom stereocenters. The molecule has 1 aromatic carbocycles. The van der Waals surface area contributed by atoms with E-state index in [0.29, 0.717) is 32.6 Å². The minimum Gasteiger partial charge on any atom is -0.376 e. The molecule has 1 spiro atoms. The van der Waals surface area contributed by atoms with Gasteiger partial charge in [0.05, 0.1) is 18.8 Å². The van der Waals surface area contributed by atoms with Gasteiger partial charge < -0.3 is 15.4 Å². The highest BCUT2D eigenvalue weighted by atomic mass is 19.3. The van der Waals surface area contributed by atoms with Crippen molar-refractivity contribution in [3.05, 3.63) is 35.9 Å². The summed E-state index contributed by atoms with van der Waals surface area (Å²) < 4.78 is 33.7. The molecule has 2 aliphatic carbocycles. The van der Waals surface area contributed by atoms with Gasteiger partial charge in [0.2, 0.25) is 5.92 Å². The topological polar surface area (TPSA) is 50.4 Å². The van der Waals surface area contributed by atoms with Crippen LogP contribution >= 0.6 is 0 Å². The lowest BCUT2D eigenvalue weighted by Crippen LogP contribution is -2.49. The van der Waals surface area contributed by atoms with E-state index in [4.69, 9.17) is 4.74 Å². The van der Waals surface area contributed by atoms with E-state index in [9.17, 15) is 13.6 Å². The van der Waals surface area contributed by atoms with Gasteiger partial charge in [-0.3, -0.25) is 0 Å². The average molecular weight is 350 g/mol. The SMILES string of the molecule is O=C1NCC2(C[C@@H]3CC(F)(F)CC[C@H]3[C@@H]2COCc2ccccc2)N1. The Kier molecular flexibility index (Phi) is 4.18. The van der Waals surface area contributed by atoms with Crippen LogP contribution in [0.4, 0.5) is 13.6 Å². The first-order valence-electron chi connectivity index (χ1n) is 9.03. The van der Waals surface area contributed by atoms with Crippen molar-refractivity contribution in [2.75, 3.05) is 13.2 Å². The van der Waals surface area contributed by atoms with Crippen molar-refractivity contribution in [2.24, 2.45) is 17.8 Å². The van der Waals surface area contributed by atoms with Crippen LogP contribution in [-0.2, 0) is 11.3 Å². The first-order valence-corrected chi connectivity index (χ1v) is 9.03. The molecule has 1 aromatic rings. The van der Waals surface area contributed by atoms with E-state index in [1.54, 1.807) is 0 Å². The number of carbonyl (C=O) groups excluding carboxylic acids is 1. The summed E-state index contributed by atoms with van der Waals surface area (Å²) in [6, 6.07) is 9.72. The predicted molar refractivity (Wildman–Crippen MR) is 89.2 cm³/mol. The number of hydrogen-bond acceptors (Lipinski definition) is 2.